The quantitative estimate of drug-likeness (QED) is 0.867. The molecule has 14 heavy (non-hydrogen) atoms. The van der Waals surface area contributed by atoms with Gasteiger partial charge in [0, 0.05) is 15.7 Å². The number of benzene rings is 1. The lowest BCUT2D eigenvalue weighted by molar-refractivity contribution is 0.0210. The average molecular weight is 258 g/mol. The fourth-order valence-corrected chi connectivity index (χ4v) is 1.89. The van der Waals surface area contributed by atoms with Gasteiger partial charge < -0.3 is 15.2 Å². The summed E-state index contributed by atoms with van der Waals surface area (Å²) in [5.41, 5.74) is 1.88. The van der Waals surface area contributed by atoms with Crippen LogP contribution in [0.5, 0.6) is 0 Å². The number of hydrogen-bond donors (Lipinski definition) is 2. The van der Waals surface area contributed by atoms with E-state index in [-0.39, 0.29) is 6.61 Å². The molecule has 0 bridgehead atoms. The molecule has 1 aromatic carbocycles. The standard InChI is InChI=1S/C10H12BrNO2/c11-9-2-1-3-10(8(9)4-13)12-7-5-14-6-7/h1-3,7,12-13H,4-6H2. The summed E-state index contributed by atoms with van der Waals surface area (Å²) in [6.07, 6.45) is 0. The highest BCUT2D eigenvalue weighted by Gasteiger charge is 2.19. The first-order valence-corrected chi connectivity index (χ1v) is 5.33. The molecular weight excluding hydrogens is 246 g/mol. The van der Waals surface area contributed by atoms with E-state index in [0.717, 1.165) is 28.9 Å². The number of aliphatic hydroxyl groups is 1. The summed E-state index contributed by atoms with van der Waals surface area (Å²) >= 11 is 3.41. The molecule has 0 spiro atoms. The van der Waals surface area contributed by atoms with E-state index in [1.54, 1.807) is 0 Å². The van der Waals surface area contributed by atoms with E-state index < -0.39 is 0 Å². The van der Waals surface area contributed by atoms with Gasteiger partial charge in [0.05, 0.1) is 25.9 Å². The van der Waals surface area contributed by atoms with E-state index in [0.29, 0.717) is 6.04 Å². The maximum Gasteiger partial charge on any atom is 0.0728 e. The molecule has 2 N–H and O–H groups in total. The lowest BCUT2D eigenvalue weighted by Crippen LogP contribution is -2.40. The number of anilines is 1. The molecule has 76 valence electrons. The fraction of sp³-hybridized carbons (Fsp3) is 0.400. The average Bonchev–Trinajstić information content (AvgIpc) is 2.11. The molecule has 1 saturated heterocycles. The minimum Gasteiger partial charge on any atom is -0.392 e. The Balaban J connectivity index is 2.17. The molecule has 1 aliphatic rings. The smallest absolute Gasteiger partial charge is 0.0728 e. The lowest BCUT2D eigenvalue weighted by atomic mass is 10.1. The Morgan fingerprint density at radius 1 is 1.50 bits per heavy atom. The Labute approximate surface area is 91.2 Å². The minimum atomic E-state index is 0.0390. The molecule has 0 aromatic heterocycles. The van der Waals surface area contributed by atoms with Crippen LogP contribution in [0, 0.1) is 0 Å². The van der Waals surface area contributed by atoms with Gasteiger partial charge in [0.1, 0.15) is 0 Å². The summed E-state index contributed by atoms with van der Waals surface area (Å²) in [7, 11) is 0. The van der Waals surface area contributed by atoms with Crippen molar-refractivity contribution in [2.75, 3.05) is 18.5 Å². The van der Waals surface area contributed by atoms with Crippen molar-refractivity contribution in [3.63, 3.8) is 0 Å². The molecule has 0 radical (unpaired) electrons. The van der Waals surface area contributed by atoms with Crippen molar-refractivity contribution in [2.45, 2.75) is 12.6 Å². The van der Waals surface area contributed by atoms with Crippen LogP contribution in [0.25, 0.3) is 0 Å². The Morgan fingerprint density at radius 3 is 2.86 bits per heavy atom. The summed E-state index contributed by atoms with van der Waals surface area (Å²) in [5.74, 6) is 0. The lowest BCUT2D eigenvalue weighted by Gasteiger charge is -2.28. The van der Waals surface area contributed by atoms with E-state index in [2.05, 4.69) is 21.2 Å². The third kappa shape index (κ3) is 1.92. The first-order valence-electron chi connectivity index (χ1n) is 4.54. The maximum atomic E-state index is 9.20. The zero-order valence-electron chi connectivity index (χ0n) is 7.66. The molecule has 0 atom stereocenters. The van der Waals surface area contributed by atoms with Crippen molar-refractivity contribution in [2.24, 2.45) is 0 Å². The van der Waals surface area contributed by atoms with E-state index in [1.165, 1.54) is 0 Å². The van der Waals surface area contributed by atoms with Crippen LogP contribution < -0.4 is 5.32 Å². The first-order chi connectivity index (χ1) is 6.81. The van der Waals surface area contributed by atoms with Gasteiger partial charge in [-0.2, -0.15) is 0 Å². The van der Waals surface area contributed by atoms with Gasteiger partial charge in [-0.3, -0.25) is 0 Å². The van der Waals surface area contributed by atoms with Gasteiger partial charge >= 0.3 is 0 Å². The van der Waals surface area contributed by atoms with Crippen LogP contribution in [0.4, 0.5) is 5.69 Å². The zero-order valence-corrected chi connectivity index (χ0v) is 9.25. The number of aliphatic hydroxyl groups excluding tert-OH is 1. The van der Waals surface area contributed by atoms with Crippen LogP contribution >= 0.6 is 15.9 Å². The Hall–Kier alpha value is -0.580. The molecule has 1 heterocycles. The molecular formula is C10H12BrNO2. The summed E-state index contributed by atoms with van der Waals surface area (Å²) in [6.45, 7) is 1.53. The minimum absolute atomic E-state index is 0.0390. The summed E-state index contributed by atoms with van der Waals surface area (Å²) in [5, 5.41) is 12.5. The van der Waals surface area contributed by atoms with Gasteiger partial charge in [0.15, 0.2) is 0 Å². The molecule has 1 aliphatic heterocycles. The highest BCUT2D eigenvalue weighted by atomic mass is 79.9. The number of nitrogens with one attached hydrogen (secondary N) is 1. The number of rotatable bonds is 3. The molecule has 2 rings (SSSR count). The molecule has 4 heteroatoms. The fourth-order valence-electron chi connectivity index (χ4n) is 1.39. The second-order valence-electron chi connectivity index (χ2n) is 3.30. The van der Waals surface area contributed by atoms with Crippen molar-refractivity contribution in [3.8, 4) is 0 Å². The summed E-state index contributed by atoms with van der Waals surface area (Å²) < 4.78 is 6.01. The van der Waals surface area contributed by atoms with E-state index in [1.807, 2.05) is 18.2 Å². The second-order valence-corrected chi connectivity index (χ2v) is 4.16. The van der Waals surface area contributed by atoms with Crippen molar-refractivity contribution in [1.29, 1.82) is 0 Å². The predicted octanol–water partition coefficient (Wildman–Crippen LogP) is 1.75. The first kappa shape index (κ1) is 9.96. The SMILES string of the molecule is OCc1c(Br)cccc1NC1COC1. The van der Waals surface area contributed by atoms with Gasteiger partial charge in [0.2, 0.25) is 0 Å². The van der Waals surface area contributed by atoms with Gasteiger partial charge in [-0.25, -0.2) is 0 Å². The number of ether oxygens (including phenoxy) is 1. The van der Waals surface area contributed by atoms with E-state index in [9.17, 15) is 5.11 Å². The third-order valence-corrected chi connectivity index (χ3v) is 3.02. The van der Waals surface area contributed by atoms with Gasteiger partial charge in [0.25, 0.3) is 0 Å². The van der Waals surface area contributed by atoms with Crippen molar-refractivity contribution >= 4 is 21.6 Å². The third-order valence-electron chi connectivity index (χ3n) is 2.27. The highest BCUT2D eigenvalue weighted by molar-refractivity contribution is 9.10. The van der Waals surface area contributed by atoms with Crippen LogP contribution in [0.2, 0.25) is 0 Å². The maximum absolute atomic E-state index is 9.20. The topological polar surface area (TPSA) is 41.5 Å². The van der Waals surface area contributed by atoms with Gasteiger partial charge in [-0.1, -0.05) is 22.0 Å². The van der Waals surface area contributed by atoms with Crippen LogP contribution in [0.1, 0.15) is 5.56 Å². The van der Waals surface area contributed by atoms with Crippen molar-refractivity contribution < 1.29 is 9.84 Å². The van der Waals surface area contributed by atoms with Crippen molar-refractivity contribution in [3.05, 3.63) is 28.2 Å². The van der Waals surface area contributed by atoms with Crippen molar-refractivity contribution in [1.82, 2.24) is 0 Å². The zero-order chi connectivity index (χ0) is 9.97. The normalized spacial score (nSPS) is 16.4. The van der Waals surface area contributed by atoms with Gasteiger partial charge in [-0.05, 0) is 12.1 Å². The van der Waals surface area contributed by atoms with E-state index in [4.69, 9.17) is 4.74 Å². The molecule has 0 aliphatic carbocycles. The van der Waals surface area contributed by atoms with E-state index >= 15 is 0 Å². The molecule has 0 saturated carbocycles. The molecule has 3 nitrogen and oxygen atoms in total. The largest absolute Gasteiger partial charge is 0.392 e. The predicted molar refractivity (Wildman–Crippen MR) is 58.3 cm³/mol. The number of hydrogen-bond acceptors (Lipinski definition) is 3. The Bertz CT molecular complexity index is 326. The second kappa shape index (κ2) is 4.29. The molecule has 0 amide bonds. The Kier molecular flexibility index (Phi) is 3.05. The van der Waals surface area contributed by atoms with Crippen LogP contribution in [-0.2, 0) is 11.3 Å². The van der Waals surface area contributed by atoms with Crippen LogP contribution in [-0.4, -0.2) is 24.4 Å². The molecule has 0 unspecified atom stereocenters. The Morgan fingerprint density at radius 2 is 2.29 bits per heavy atom. The molecule has 1 fully saturated rings. The monoisotopic (exact) mass is 257 g/mol. The van der Waals surface area contributed by atoms with Gasteiger partial charge in [-0.15, -0.1) is 0 Å². The van der Waals surface area contributed by atoms with Crippen LogP contribution in [0.3, 0.4) is 0 Å². The van der Waals surface area contributed by atoms with Crippen LogP contribution in [0.15, 0.2) is 22.7 Å². The molecule has 1 aromatic rings. The highest BCUT2D eigenvalue weighted by Crippen LogP contribution is 2.26. The summed E-state index contributed by atoms with van der Waals surface area (Å²) in [4.78, 5) is 0. The number of halogens is 1. The summed E-state index contributed by atoms with van der Waals surface area (Å²) in [6, 6.07) is 6.22.